The SMILES string of the molecule is COc1ccc(CCNc2cnnc(Nc3ccccc3)n2)cc1OC. The fourth-order valence-corrected chi connectivity index (χ4v) is 2.46. The first-order valence-electron chi connectivity index (χ1n) is 8.25. The van der Waals surface area contributed by atoms with Crippen LogP contribution >= 0.6 is 0 Å². The van der Waals surface area contributed by atoms with E-state index in [1.165, 1.54) is 0 Å². The number of aromatic nitrogens is 3. The summed E-state index contributed by atoms with van der Waals surface area (Å²) in [5, 5.41) is 14.4. The van der Waals surface area contributed by atoms with Crippen LogP contribution in [0, 0.1) is 0 Å². The van der Waals surface area contributed by atoms with E-state index < -0.39 is 0 Å². The number of nitrogens with zero attached hydrogens (tertiary/aromatic N) is 3. The molecule has 26 heavy (non-hydrogen) atoms. The molecule has 0 radical (unpaired) electrons. The summed E-state index contributed by atoms with van der Waals surface area (Å²) in [6.07, 6.45) is 2.41. The quantitative estimate of drug-likeness (QED) is 0.644. The molecule has 0 saturated heterocycles. The number of hydrogen-bond acceptors (Lipinski definition) is 7. The Morgan fingerprint density at radius 2 is 1.77 bits per heavy atom. The van der Waals surface area contributed by atoms with Crippen molar-refractivity contribution in [3.63, 3.8) is 0 Å². The molecule has 1 heterocycles. The Balaban J connectivity index is 1.57. The first-order valence-corrected chi connectivity index (χ1v) is 8.25. The zero-order valence-corrected chi connectivity index (χ0v) is 14.8. The summed E-state index contributed by atoms with van der Waals surface area (Å²) in [6.45, 7) is 0.707. The summed E-state index contributed by atoms with van der Waals surface area (Å²) in [5.41, 5.74) is 2.05. The number of methoxy groups -OCH3 is 2. The smallest absolute Gasteiger partial charge is 0.249 e. The van der Waals surface area contributed by atoms with E-state index in [0.717, 1.165) is 29.2 Å². The lowest BCUT2D eigenvalue weighted by Gasteiger charge is -2.10. The van der Waals surface area contributed by atoms with Crippen molar-refractivity contribution in [2.75, 3.05) is 31.4 Å². The minimum absolute atomic E-state index is 0.451. The molecule has 3 rings (SSSR count). The molecule has 134 valence electrons. The Bertz CT molecular complexity index is 842. The van der Waals surface area contributed by atoms with Gasteiger partial charge in [0.1, 0.15) is 0 Å². The lowest BCUT2D eigenvalue weighted by Crippen LogP contribution is -2.09. The summed E-state index contributed by atoms with van der Waals surface area (Å²) in [7, 11) is 3.26. The molecule has 1 aromatic heterocycles. The predicted octanol–water partition coefficient (Wildman–Crippen LogP) is 3.29. The summed E-state index contributed by atoms with van der Waals surface area (Å²) in [6, 6.07) is 15.6. The molecule has 0 unspecified atom stereocenters. The van der Waals surface area contributed by atoms with Crippen molar-refractivity contribution in [3.05, 3.63) is 60.3 Å². The molecule has 0 spiro atoms. The second kappa shape index (κ2) is 8.66. The predicted molar refractivity (Wildman–Crippen MR) is 101 cm³/mol. The molecular weight excluding hydrogens is 330 g/mol. The highest BCUT2D eigenvalue weighted by atomic mass is 16.5. The standard InChI is InChI=1S/C19H21N5O2/c1-25-16-9-8-14(12-17(16)26-2)10-11-20-18-13-21-24-19(23-18)22-15-6-4-3-5-7-15/h3-9,12-13H,10-11H2,1-2H3,(H2,20,22,23,24). The van der Waals surface area contributed by atoms with Crippen LogP contribution in [0.2, 0.25) is 0 Å². The van der Waals surface area contributed by atoms with Crippen molar-refractivity contribution >= 4 is 17.5 Å². The van der Waals surface area contributed by atoms with E-state index in [1.54, 1.807) is 20.4 Å². The number of ether oxygens (including phenoxy) is 2. The average molecular weight is 351 g/mol. The first-order chi connectivity index (χ1) is 12.8. The van der Waals surface area contributed by atoms with Gasteiger partial charge in [-0.25, -0.2) is 0 Å². The van der Waals surface area contributed by atoms with Gasteiger partial charge in [0.2, 0.25) is 5.95 Å². The lowest BCUT2D eigenvalue weighted by molar-refractivity contribution is 0.354. The van der Waals surface area contributed by atoms with Crippen molar-refractivity contribution in [2.24, 2.45) is 0 Å². The van der Waals surface area contributed by atoms with Crippen molar-refractivity contribution in [3.8, 4) is 11.5 Å². The lowest BCUT2D eigenvalue weighted by atomic mass is 10.1. The van der Waals surface area contributed by atoms with Gasteiger partial charge in [-0.3, -0.25) is 0 Å². The number of anilines is 3. The van der Waals surface area contributed by atoms with Crippen molar-refractivity contribution in [1.82, 2.24) is 15.2 Å². The fourth-order valence-electron chi connectivity index (χ4n) is 2.46. The van der Waals surface area contributed by atoms with E-state index in [4.69, 9.17) is 9.47 Å². The largest absolute Gasteiger partial charge is 0.493 e. The van der Waals surface area contributed by atoms with Crippen LogP contribution in [0.25, 0.3) is 0 Å². The highest BCUT2D eigenvalue weighted by molar-refractivity contribution is 5.53. The van der Waals surface area contributed by atoms with E-state index in [-0.39, 0.29) is 0 Å². The van der Waals surface area contributed by atoms with Crippen LogP contribution in [0.1, 0.15) is 5.56 Å². The van der Waals surface area contributed by atoms with E-state index in [9.17, 15) is 0 Å². The molecule has 0 bridgehead atoms. The fraction of sp³-hybridized carbons (Fsp3) is 0.211. The summed E-state index contributed by atoms with van der Waals surface area (Å²) in [4.78, 5) is 4.42. The Hall–Kier alpha value is -3.35. The Labute approximate surface area is 152 Å². The monoisotopic (exact) mass is 351 g/mol. The van der Waals surface area contributed by atoms with Crippen LogP contribution in [-0.2, 0) is 6.42 Å². The summed E-state index contributed by atoms with van der Waals surface area (Å²) < 4.78 is 10.6. The zero-order chi connectivity index (χ0) is 18.2. The molecule has 0 aliphatic heterocycles. The molecule has 7 nitrogen and oxygen atoms in total. The number of nitrogens with one attached hydrogen (secondary N) is 2. The maximum Gasteiger partial charge on any atom is 0.249 e. The van der Waals surface area contributed by atoms with E-state index in [2.05, 4.69) is 25.8 Å². The Morgan fingerprint density at radius 1 is 0.962 bits per heavy atom. The maximum atomic E-state index is 5.33. The molecule has 2 aromatic carbocycles. The van der Waals surface area contributed by atoms with Crippen LogP contribution in [0.3, 0.4) is 0 Å². The molecule has 2 N–H and O–H groups in total. The third-order valence-corrected chi connectivity index (χ3v) is 3.76. The summed E-state index contributed by atoms with van der Waals surface area (Å²) in [5.74, 6) is 2.56. The molecule has 0 atom stereocenters. The van der Waals surface area contributed by atoms with E-state index in [0.29, 0.717) is 18.3 Å². The normalized spacial score (nSPS) is 10.2. The van der Waals surface area contributed by atoms with Crippen molar-refractivity contribution < 1.29 is 9.47 Å². The van der Waals surface area contributed by atoms with E-state index >= 15 is 0 Å². The van der Waals surface area contributed by atoms with Crippen LogP contribution < -0.4 is 20.1 Å². The van der Waals surface area contributed by atoms with Gasteiger partial charge in [0.05, 0.1) is 20.4 Å². The number of hydrogen-bond donors (Lipinski definition) is 2. The van der Waals surface area contributed by atoms with Crippen LogP contribution in [0.15, 0.2) is 54.7 Å². The van der Waals surface area contributed by atoms with Gasteiger partial charge in [-0.1, -0.05) is 24.3 Å². The summed E-state index contributed by atoms with van der Waals surface area (Å²) >= 11 is 0. The second-order valence-electron chi connectivity index (χ2n) is 5.52. The minimum Gasteiger partial charge on any atom is -0.493 e. The van der Waals surface area contributed by atoms with Gasteiger partial charge in [0.25, 0.3) is 0 Å². The van der Waals surface area contributed by atoms with Gasteiger partial charge >= 0.3 is 0 Å². The average Bonchev–Trinajstić information content (AvgIpc) is 2.69. The molecule has 0 amide bonds. The van der Waals surface area contributed by atoms with Gasteiger partial charge in [-0.2, -0.15) is 10.1 Å². The highest BCUT2D eigenvalue weighted by Crippen LogP contribution is 2.27. The molecule has 0 saturated carbocycles. The second-order valence-corrected chi connectivity index (χ2v) is 5.52. The number of benzene rings is 2. The minimum atomic E-state index is 0.451. The van der Waals surface area contributed by atoms with Crippen LogP contribution in [0.5, 0.6) is 11.5 Å². The number of rotatable bonds is 8. The van der Waals surface area contributed by atoms with Crippen molar-refractivity contribution in [2.45, 2.75) is 6.42 Å². The molecule has 0 aliphatic rings. The van der Waals surface area contributed by atoms with Crippen LogP contribution in [0.4, 0.5) is 17.5 Å². The van der Waals surface area contributed by atoms with Gasteiger partial charge < -0.3 is 20.1 Å². The van der Waals surface area contributed by atoms with Gasteiger partial charge in [0, 0.05) is 12.2 Å². The molecular formula is C19H21N5O2. The van der Waals surface area contributed by atoms with Gasteiger partial charge in [-0.15, -0.1) is 5.10 Å². The highest BCUT2D eigenvalue weighted by Gasteiger charge is 2.05. The molecule has 0 aliphatic carbocycles. The zero-order valence-electron chi connectivity index (χ0n) is 14.8. The molecule has 7 heteroatoms. The Kier molecular flexibility index (Phi) is 5.82. The van der Waals surface area contributed by atoms with Crippen LogP contribution in [-0.4, -0.2) is 35.9 Å². The van der Waals surface area contributed by atoms with Gasteiger partial charge in [0.15, 0.2) is 17.3 Å². The topological polar surface area (TPSA) is 81.2 Å². The van der Waals surface area contributed by atoms with E-state index in [1.807, 2.05) is 48.5 Å². The van der Waals surface area contributed by atoms with Gasteiger partial charge in [-0.05, 0) is 36.2 Å². The Morgan fingerprint density at radius 3 is 2.54 bits per heavy atom. The number of para-hydroxylation sites is 1. The van der Waals surface area contributed by atoms with Crippen molar-refractivity contribution in [1.29, 1.82) is 0 Å². The molecule has 3 aromatic rings. The third-order valence-electron chi connectivity index (χ3n) is 3.76. The third kappa shape index (κ3) is 4.60. The first kappa shape index (κ1) is 17.5. The maximum absolute atomic E-state index is 5.33. The molecule has 0 fully saturated rings.